The van der Waals surface area contributed by atoms with Crippen LogP contribution in [0, 0.1) is 5.41 Å². The maximum atomic E-state index is 10.7. The number of carbonyl (C=O) groups is 1. The molecule has 0 aromatic heterocycles. The Hall–Kier alpha value is -0.450. The Morgan fingerprint density at radius 3 is 2.25 bits per heavy atom. The molecule has 4 nitrogen and oxygen atoms in total. The van der Waals surface area contributed by atoms with Gasteiger partial charge in [0.1, 0.15) is 6.29 Å². The average molecular weight is 173 g/mol. The molecule has 0 saturated carbocycles. The van der Waals surface area contributed by atoms with E-state index in [9.17, 15) is 4.79 Å². The number of aldehydes is 1. The average Bonchev–Trinajstić information content (AvgIpc) is 2.06. The predicted octanol–water partition coefficient (Wildman–Crippen LogP) is -0.0867. The molecule has 0 radical (unpaired) electrons. The maximum absolute atomic E-state index is 10.7. The van der Waals surface area contributed by atoms with E-state index in [-0.39, 0.29) is 6.54 Å². The summed E-state index contributed by atoms with van der Waals surface area (Å²) in [7, 11) is 0. The van der Waals surface area contributed by atoms with Gasteiger partial charge in [-0.1, -0.05) is 0 Å². The summed E-state index contributed by atoms with van der Waals surface area (Å²) in [6.45, 7) is 4.60. The zero-order valence-electron chi connectivity index (χ0n) is 7.50. The highest BCUT2D eigenvalue weighted by atomic mass is 16.7. The Kier molecular flexibility index (Phi) is 2.51. The summed E-state index contributed by atoms with van der Waals surface area (Å²) >= 11 is 0. The van der Waals surface area contributed by atoms with Gasteiger partial charge in [-0.15, -0.1) is 0 Å². The number of ether oxygens (including phenoxy) is 2. The van der Waals surface area contributed by atoms with E-state index in [1.54, 1.807) is 0 Å². The lowest BCUT2D eigenvalue weighted by Gasteiger charge is -2.39. The van der Waals surface area contributed by atoms with E-state index >= 15 is 0 Å². The van der Waals surface area contributed by atoms with Crippen LogP contribution >= 0.6 is 0 Å². The molecule has 0 amide bonds. The zero-order valence-corrected chi connectivity index (χ0v) is 7.50. The van der Waals surface area contributed by atoms with Crippen LogP contribution in [0.3, 0.4) is 0 Å². The molecule has 0 unspecified atom stereocenters. The van der Waals surface area contributed by atoms with Crippen LogP contribution in [0.25, 0.3) is 0 Å². The molecule has 0 spiro atoms. The van der Waals surface area contributed by atoms with E-state index in [2.05, 4.69) is 0 Å². The van der Waals surface area contributed by atoms with Crippen LogP contribution in [-0.4, -0.2) is 31.8 Å². The zero-order chi connectivity index (χ0) is 9.24. The molecular formula is C8H15NO3. The van der Waals surface area contributed by atoms with Gasteiger partial charge in [0.15, 0.2) is 5.79 Å². The minimum Gasteiger partial charge on any atom is -0.349 e. The van der Waals surface area contributed by atoms with Gasteiger partial charge in [-0.2, -0.15) is 0 Å². The lowest BCUT2D eigenvalue weighted by atomic mass is 9.91. The molecule has 4 heteroatoms. The largest absolute Gasteiger partial charge is 0.349 e. The smallest absolute Gasteiger partial charge is 0.162 e. The van der Waals surface area contributed by atoms with Gasteiger partial charge in [0.25, 0.3) is 0 Å². The maximum Gasteiger partial charge on any atom is 0.162 e. The monoisotopic (exact) mass is 173 g/mol. The van der Waals surface area contributed by atoms with E-state index in [4.69, 9.17) is 15.2 Å². The number of carbonyl (C=O) groups excluding carboxylic acids is 1. The number of hydrogen-bond acceptors (Lipinski definition) is 4. The fraction of sp³-hybridized carbons (Fsp3) is 0.875. The molecule has 1 fully saturated rings. The molecule has 1 rings (SSSR count). The summed E-state index contributed by atoms with van der Waals surface area (Å²) in [5.41, 5.74) is 4.82. The normalized spacial score (nSPS) is 26.6. The summed E-state index contributed by atoms with van der Waals surface area (Å²) in [5, 5.41) is 0. The Bertz CT molecular complexity index is 169. The summed E-state index contributed by atoms with van der Waals surface area (Å²) in [5.74, 6) is -0.582. The van der Waals surface area contributed by atoms with Gasteiger partial charge in [-0.05, 0) is 13.8 Å². The quantitative estimate of drug-likeness (QED) is 0.593. The Morgan fingerprint density at radius 1 is 1.42 bits per heavy atom. The van der Waals surface area contributed by atoms with Crippen LogP contribution in [0.1, 0.15) is 13.8 Å². The Balaban J connectivity index is 2.59. The Morgan fingerprint density at radius 2 is 1.92 bits per heavy atom. The molecular weight excluding hydrogens is 158 g/mol. The van der Waals surface area contributed by atoms with Crippen LogP contribution in [0.15, 0.2) is 0 Å². The lowest BCUT2D eigenvalue weighted by molar-refractivity contribution is -0.275. The minimum atomic E-state index is -0.629. The van der Waals surface area contributed by atoms with E-state index < -0.39 is 11.2 Å². The first-order valence-electron chi connectivity index (χ1n) is 3.98. The van der Waals surface area contributed by atoms with Gasteiger partial charge < -0.3 is 20.0 Å². The van der Waals surface area contributed by atoms with Crippen molar-refractivity contribution in [2.24, 2.45) is 11.1 Å². The molecule has 0 bridgehead atoms. The molecule has 0 aromatic carbocycles. The van der Waals surface area contributed by atoms with E-state index in [0.29, 0.717) is 13.2 Å². The molecule has 0 aliphatic carbocycles. The molecule has 1 aliphatic heterocycles. The van der Waals surface area contributed by atoms with Crippen LogP contribution in [0.2, 0.25) is 0 Å². The summed E-state index contributed by atoms with van der Waals surface area (Å²) < 4.78 is 10.7. The minimum absolute atomic E-state index is 0.270. The molecule has 2 N–H and O–H groups in total. The first-order chi connectivity index (χ1) is 5.54. The van der Waals surface area contributed by atoms with E-state index in [0.717, 1.165) is 6.29 Å². The first kappa shape index (κ1) is 9.64. The second kappa shape index (κ2) is 3.12. The van der Waals surface area contributed by atoms with Crippen molar-refractivity contribution in [2.75, 3.05) is 19.8 Å². The third-order valence-electron chi connectivity index (χ3n) is 2.07. The number of hydrogen-bond donors (Lipinski definition) is 1. The van der Waals surface area contributed by atoms with Gasteiger partial charge in [-0.25, -0.2) is 0 Å². The SMILES string of the molecule is CC1(C)OCC(C=O)(CN)CO1. The van der Waals surface area contributed by atoms with Gasteiger partial charge >= 0.3 is 0 Å². The lowest BCUT2D eigenvalue weighted by Crippen LogP contribution is -2.51. The van der Waals surface area contributed by atoms with Crippen LogP contribution in [0.4, 0.5) is 0 Å². The highest BCUT2D eigenvalue weighted by molar-refractivity contribution is 5.60. The molecule has 12 heavy (non-hydrogen) atoms. The highest BCUT2D eigenvalue weighted by Crippen LogP contribution is 2.26. The van der Waals surface area contributed by atoms with Crippen molar-refractivity contribution in [1.29, 1.82) is 0 Å². The fourth-order valence-electron chi connectivity index (χ4n) is 0.952. The predicted molar refractivity (Wildman–Crippen MR) is 43.5 cm³/mol. The number of rotatable bonds is 2. The first-order valence-corrected chi connectivity index (χ1v) is 3.98. The summed E-state index contributed by atoms with van der Waals surface area (Å²) in [6, 6.07) is 0. The standard InChI is InChI=1S/C8H15NO3/c1-7(2)11-5-8(3-9,4-10)6-12-7/h4H,3,5-6,9H2,1-2H3. The summed E-state index contributed by atoms with van der Waals surface area (Å²) in [6.07, 6.45) is 0.822. The second-order valence-electron chi connectivity index (χ2n) is 3.66. The van der Waals surface area contributed by atoms with Crippen molar-refractivity contribution in [3.05, 3.63) is 0 Å². The van der Waals surface area contributed by atoms with Crippen molar-refractivity contribution in [3.63, 3.8) is 0 Å². The van der Waals surface area contributed by atoms with Crippen molar-refractivity contribution < 1.29 is 14.3 Å². The van der Waals surface area contributed by atoms with E-state index in [1.807, 2.05) is 13.8 Å². The van der Waals surface area contributed by atoms with Crippen molar-refractivity contribution >= 4 is 6.29 Å². The van der Waals surface area contributed by atoms with Crippen LogP contribution < -0.4 is 5.73 Å². The molecule has 70 valence electrons. The van der Waals surface area contributed by atoms with Crippen LogP contribution in [-0.2, 0) is 14.3 Å². The number of nitrogens with two attached hydrogens (primary N) is 1. The topological polar surface area (TPSA) is 61.5 Å². The van der Waals surface area contributed by atoms with Crippen molar-refractivity contribution in [1.82, 2.24) is 0 Å². The van der Waals surface area contributed by atoms with Gasteiger partial charge in [0.2, 0.25) is 0 Å². The highest BCUT2D eigenvalue weighted by Gasteiger charge is 2.38. The fourth-order valence-corrected chi connectivity index (χ4v) is 0.952. The third-order valence-corrected chi connectivity index (χ3v) is 2.07. The van der Waals surface area contributed by atoms with Gasteiger partial charge in [-0.3, -0.25) is 0 Å². The molecule has 1 saturated heterocycles. The molecule has 0 aromatic rings. The Labute approximate surface area is 72.0 Å². The second-order valence-corrected chi connectivity index (χ2v) is 3.66. The summed E-state index contributed by atoms with van der Waals surface area (Å²) in [4.78, 5) is 10.7. The molecule has 1 aliphatic rings. The van der Waals surface area contributed by atoms with Crippen molar-refractivity contribution in [3.8, 4) is 0 Å². The van der Waals surface area contributed by atoms with Gasteiger partial charge in [0.05, 0.1) is 18.6 Å². The van der Waals surface area contributed by atoms with Crippen molar-refractivity contribution in [2.45, 2.75) is 19.6 Å². The third kappa shape index (κ3) is 1.83. The van der Waals surface area contributed by atoms with E-state index in [1.165, 1.54) is 0 Å². The molecule has 1 heterocycles. The molecule has 0 atom stereocenters. The van der Waals surface area contributed by atoms with Gasteiger partial charge in [0, 0.05) is 6.54 Å². The van der Waals surface area contributed by atoms with Crippen LogP contribution in [0.5, 0.6) is 0 Å².